The van der Waals surface area contributed by atoms with Crippen LogP contribution >= 0.6 is 47.2 Å². The second-order valence-corrected chi connectivity index (χ2v) is 9.47. The van der Waals surface area contributed by atoms with Crippen LogP contribution in [0.2, 0.25) is 10.0 Å². The lowest BCUT2D eigenvalue weighted by Gasteiger charge is -2.16. The lowest BCUT2D eigenvalue weighted by atomic mass is 10.2. The Labute approximate surface area is 217 Å². The zero-order valence-electron chi connectivity index (χ0n) is 17.2. The predicted molar refractivity (Wildman–Crippen MR) is 138 cm³/mol. The highest BCUT2D eigenvalue weighted by Crippen LogP contribution is 2.40. The standard InChI is InChI=1S/C22H11Cl2N3O6S2/c23-13-4-6-17(16(24)10-13)25-21(28)20(35-22(25)34)9-12-2-1-3-15(8-12)33-19-7-5-14(26(29)30)11-18(19)27(31)32/h1-11H/b20-9-. The maximum Gasteiger partial charge on any atom is 0.318 e. The van der Waals surface area contributed by atoms with E-state index in [0.717, 1.165) is 30.0 Å². The van der Waals surface area contributed by atoms with E-state index in [1.807, 2.05) is 0 Å². The van der Waals surface area contributed by atoms with Gasteiger partial charge in [0, 0.05) is 11.1 Å². The molecule has 0 aliphatic carbocycles. The number of hydrogen-bond acceptors (Lipinski definition) is 8. The van der Waals surface area contributed by atoms with Crippen molar-refractivity contribution in [1.29, 1.82) is 0 Å². The van der Waals surface area contributed by atoms with Gasteiger partial charge in [0.15, 0.2) is 4.32 Å². The topological polar surface area (TPSA) is 116 Å². The summed E-state index contributed by atoms with van der Waals surface area (Å²) in [4.78, 5) is 35.5. The summed E-state index contributed by atoms with van der Waals surface area (Å²) < 4.78 is 5.92. The normalized spacial score (nSPS) is 14.5. The van der Waals surface area contributed by atoms with Crippen molar-refractivity contribution in [2.24, 2.45) is 0 Å². The van der Waals surface area contributed by atoms with Crippen molar-refractivity contribution in [2.75, 3.05) is 4.90 Å². The fourth-order valence-electron chi connectivity index (χ4n) is 3.13. The van der Waals surface area contributed by atoms with E-state index >= 15 is 0 Å². The molecule has 0 radical (unpaired) electrons. The van der Waals surface area contributed by atoms with E-state index in [0.29, 0.717) is 25.5 Å². The first-order chi connectivity index (χ1) is 16.6. The number of thiocarbonyl (C=S) groups is 1. The molecule has 0 atom stereocenters. The second kappa shape index (κ2) is 10.0. The number of ether oxygens (including phenoxy) is 1. The number of anilines is 1. The average molecular weight is 548 g/mol. The molecule has 176 valence electrons. The molecule has 1 fully saturated rings. The number of thioether (sulfide) groups is 1. The van der Waals surface area contributed by atoms with Gasteiger partial charge < -0.3 is 4.74 Å². The minimum Gasteiger partial charge on any atom is -0.450 e. The summed E-state index contributed by atoms with van der Waals surface area (Å²) in [6, 6.07) is 14.3. The van der Waals surface area contributed by atoms with Gasteiger partial charge in [-0.15, -0.1) is 0 Å². The van der Waals surface area contributed by atoms with Gasteiger partial charge in [-0.25, -0.2) is 0 Å². The van der Waals surface area contributed by atoms with Gasteiger partial charge in [-0.05, 0) is 48.0 Å². The maximum atomic E-state index is 13.0. The van der Waals surface area contributed by atoms with Gasteiger partial charge in [-0.1, -0.05) is 59.3 Å². The third kappa shape index (κ3) is 5.28. The van der Waals surface area contributed by atoms with Crippen LogP contribution in [0.5, 0.6) is 11.5 Å². The minimum atomic E-state index is -0.764. The molecule has 0 N–H and O–H groups in total. The smallest absolute Gasteiger partial charge is 0.318 e. The zero-order chi connectivity index (χ0) is 25.3. The van der Waals surface area contributed by atoms with Crippen molar-refractivity contribution < 1.29 is 19.4 Å². The van der Waals surface area contributed by atoms with Crippen LogP contribution in [0.4, 0.5) is 17.1 Å². The fraction of sp³-hybridized carbons (Fsp3) is 0. The Hall–Kier alpha value is -3.51. The molecular formula is C22H11Cl2N3O6S2. The number of nitro benzene ring substituents is 2. The molecule has 4 rings (SSSR count). The van der Waals surface area contributed by atoms with E-state index in [4.69, 9.17) is 40.2 Å². The van der Waals surface area contributed by atoms with Crippen molar-refractivity contribution >= 4 is 80.5 Å². The monoisotopic (exact) mass is 547 g/mol. The van der Waals surface area contributed by atoms with Crippen molar-refractivity contribution in [3.05, 3.63) is 101 Å². The molecule has 1 aliphatic heterocycles. The minimum absolute atomic E-state index is 0.165. The first-order valence-corrected chi connectivity index (χ1v) is 11.6. The summed E-state index contributed by atoms with van der Waals surface area (Å²) >= 11 is 18.6. The Bertz CT molecular complexity index is 1450. The van der Waals surface area contributed by atoms with E-state index < -0.39 is 21.2 Å². The highest BCUT2D eigenvalue weighted by molar-refractivity contribution is 8.27. The number of rotatable bonds is 6. The molecule has 1 aliphatic rings. The number of non-ortho nitro benzene ring substituents is 1. The van der Waals surface area contributed by atoms with Crippen LogP contribution in [0, 0.1) is 20.2 Å². The summed E-state index contributed by atoms with van der Waals surface area (Å²) in [5, 5.41) is 23.0. The largest absolute Gasteiger partial charge is 0.450 e. The Morgan fingerprint density at radius 1 is 1.00 bits per heavy atom. The molecule has 35 heavy (non-hydrogen) atoms. The van der Waals surface area contributed by atoms with Crippen LogP contribution < -0.4 is 9.64 Å². The average Bonchev–Trinajstić information content (AvgIpc) is 3.07. The number of carbonyl (C=O) groups excluding carboxylic acids is 1. The van der Waals surface area contributed by atoms with Gasteiger partial charge >= 0.3 is 5.69 Å². The van der Waals surface area contributed by atoms with Crippen LogP contribution in [-0.2, 0) is 4.79 Å². The van der Waals surface area contributed by atoms with Gasteiger partial charge in [0.25, 0.3) is 11.6 Å². The highest BCUT2D eigenvalue weighted by atomic mass is 35.5. The zero-order valence-corrected chi connectivity index (χ0v) is 20.4. The van der Waals surface area contributed by atoms with Gasteiger partial charge in [0.05, 0.1) is 31.5 Å². The van der Waals surface area contributed by atoms with Crippen LogP contribution in [-0.4, -0.2) is 20.1 Å². The molecule has 1 saturated heterocycles. The van der Waals surface area contributed by atoms with Crippen LogP contribution in [0.15, 0.2) is 65.6 Å². The molecule has 0 unspecified atom stereocenters. The first-order valence-electron chi connectivity index (χ1n) is 9.58. The van der Waals surface area contributed by atoms with E-state index in [9.17, 15) is 25.0 Å². The third-order valence-electron chi connectivity index (χ3n) is 4.68. The predicted octanol–water partition coefficient (Wildman–Crippen LogP) is 7.01. The Balaban J connectivity index is 1.61. The molecule has 0 spiro atoms. The molecule has 0 saturated carbocycles. The van der Waals surface area contributed by atoms with Crippen molar-refractivity contribution in [2.45, 2.75) is 0 Å². The quantitative estimate of drug-likeness (QED) is 0.140. The Morgan fingerprint density at radius 3 is 2.46 bits per heavy atom. The van der Waals surface area contributed by atoms with Crippen molar-refractivity contribution in [3.8, 4) is 11.5 Å². The number of benzene rings is 3. The SMILES string of the molecule is O=C1/C(=C/c2cccc(Oc3ccc([N+](=O)[O-])cc3[N+](=O)[O-])c2)SC(=S)N1c1ccc(Cl)cc1Cl. The number of nitro groups is 2. The maximum absolute atomic E-state index is 13.0. The number of hydrogen-bond donors (Lipinski definition) is 0. The summed E-state index contributed by atoms with van der Waals surface area (Å²) in [6.07, 6.45) is 1.60. The summed E-state index contributed by atoms with van der Waals surface area (Å²) in [5.74, 6) is -0.310. The molecule has 0 aromatic heterocycles. The second-order valence-electron chi connectivity index (χ2n) is 6.95. The lowest BCUT2D eigenvalue weighted by molar-refractivity contribution is -0.394. The highest BCUT2D eigenvalue weighted by Gasteiger charge is 2.34. The van der Waals surface area contributed by atoms with Gasteiger partial charge in [-0.2, -0.15) is 0 Å². The molecule has 1 heterocycles. The summed E-state index contributed by atoms with van der Waals surface area (Å²) in [6.45, 7) is 0. The third-order valence-corrected chi connectivity index (χ3v) is 6.52. The molecular weight excluding hydrogens is 537 g/mol. The van der Waals surface area contributed by atoms with Crippen LogP contribution in [0.3, 0.4) is 0 Å². The fourth-order valence-corrected chi connectivity index (χ4v) is 4.91. The van der Waals surface area contributed by atoms with E-state index in [1.165, 1.54) is 11.0 Å². The molecule has 0 bridgehead atoms. The number of amides is 1. The Morgan fingerprint density at radius 2 is 1.77 bits per heavy atom. The van der Waals surface area contributed by atoms with E-state index in [-0.39, 0.29) is 22.4 Å². The van der Waals surface area contributed by atoms with E-state index in [2.05, 4.69) is 0 Å². The molecule has 9 nitrogen and oxygen atoms in total. The summed E-state index contributed by atoms with van der Waals surface area (Å²) in [5.41, 5.74) is -0.00904. The molecule has 3 aromatic carbocycles. The van der Waals surface area contributed by atoms with Crippen LogP contribution in [0.25, 0.3) is 6.08 Å². The number of halogens is 2. The number of nitrogens with zero attached hydrogens (tertiary/aromatic N) is 3. The van der Waals surface area contributed by atoms with Crippen LogP contribution in [0.1, 0.15) is 5.56 Å². The molecule has 1 amide bonds. The first kappa shape index (κ1) is 24.6. The van der Waals surface area contributed by atoms with Crippen molar-refractivity contribution in [1.82, 2.24) is 0 Å². The lowest BCUT2D eigenvalue weighted by Crippen LogP contribution is -2.27. The molecule has 3 aromatic rings. The Kier molecular flexibility index (Phi) is 7.03. The van der Waals surface area contributed by atoms with Gasteiger partial charge in [-0.3, -0.25) is 29.9 Å². The van der Waals surface area contributed by atoms with E-state index in [1.54, 1.807) is 42.5 Å². The summed E-state index contributed by atoms with van der Waals surface area (Å²) in [7, 11) is 0. The van der Waals surface area contributed by atoms with Crippen molar-refractivity contribution in [3.63, 3.8) is 0 Å². The number of carbonyl (C=O) groups is 1. The van der Waals surface area contributed by atoms with Gasteiger partial charge in [0.2, 0.25) is 5.75 Å². The molecule has 13 heteroatoms. The van der Waals surface area contributed by atoms with Gasteiger partial charge in [0.1, 0.15) is 5.75 Å².